The van der Waals surface area contributed by atoms with E-state index in [1.807, 2.05) is 29.9 Å². The van der Waals surface area contributed by atoms with Crippen LogP contribution in [-0.4, -0.2) is 51.8 Å². The van der Waals surface area contributed by atoms with Gasteiger partial charge in [-0.25, -0.2) is 0 Å². The minimum atomic E-state index is -4.39. The number of alkyl halides is 3. The van der Waals surface area contributed by atoms with Gasteiger partial charge in [0.25, 0.3) is 5.91 Å². The van der Waals surface area contributed by atoms with Gasteiger partial charge in [0.05, 0.1) is 11.1 Å². The fourth-order valence-corrected chi connectivity index (χ4v) is 4.39. The zero-order valence-corrected chi connectivity index (χ0v) is 17.6. The molecule has 0 atom stereocenters. The van der Waals surface area contributed by atoms with Crippen LogP contribution < -0.4 is 5.32 Å². The van der Waals surface area contributed by atoms with Crippen molar-refractivity contribution in [1.82, 2.24) is 24.6 Å². The highest BCUT2D eigenvalue weighted by Crippen LogP contribution is 2.34. The number of hydrogen-bond donors (Lipinski definition) is 1. The van der Waals surface area contributed by atoms with Gasteiger partial charge in [-0.2, -0.15) is 18.3 Å². The van der Waals surface area contributed by atoms with Gasteiger partial charge in [0.15, 0.2) is 5.65 Å². The number of benzene rings is 2. The molecule has 1 fully saturated rings. The Kier molecular flexibility index (Phi) is 4.74. The SMILES string of the molecule is CN1CC(CNC(=O)c2ccc3c(c2)c2cn(C)nc2n3-c2ccc(C(F)(F)F)cc2)C1. The molecule has 32 heavy (non-hydrogen) atoms. The van der Waals surface area contributed by atoms with Gasteiger partial charge >= 0.3 is 6.18 Å². The largest absolute Gasteiger partial charge is 0.416 e. The van der Waals surface area contributed by atoms with E-state index in [2.05, 4.69) is 15.3 Å². The molecule has 5 rings (SSSR count). The monoisotopic (exact) mass is 441 g/mol. The number of halogens is 3. The van der Waals surface area contributed by atoms with Crippen molar-refractivity contribution < 1.29 is 18.0 Å². The number of carbonyl (C=O) groups excluding carboxylic acids is 1. The standard InChI is InChI=1S/C23H22F3N5O/c1-29-11-14(12-29)10-27-22(32)15-3-8-20-18(9-15)19-13-30(2)28-21(19)31(20)17-6-4-16(5-7-17)23(24,25)26/h3-9,13-14H,10-12H2,1-2H3,(H,27,32). The van der Waals surface area contributed by atoms with Crippen molar-refractivity contribution in [2.24, 2.45) is 13.0 Å². The molecule has 6 nitrogen and oxygen atoms in total. The molecule has 1 aliphatic heterocycles. The molecule has 2 aromatic carbocycles. The lowest BCUT2D eigenvalue weighted by molar-refractivity contribution is -0.137. The zero-order valence-electron chi connectivity index (χ0n) is 17.6. The first-order valence-corrected chi connectivity index (χ1v) is 10.3. The number of rotatable bonds is 4. The quantitative estimate of drug-likeness (QED) is 0.524. The molecular weight excluding hydrogens is 419 g/mol. The van der Waals surface area contributed by atoms with Crippen LogP contribution >= 0.6 is 0 Å². The van der Waals surface area contributed by atoms with Crippen molar-refractivity contribution in [3.05, 3.63) is 59.8 Å². The number of aryl methyl sites for hydroxylation is 1. The first-order valence-electron chi connectivity index (χ1n) is 10.3. The van der Waals surface area contributed by atoms with Crippen LogP contribution in [0.3, 0.4) is 0 Å². The number of aromatic nitrogens is 3. The van der Waals surface area contributed by atoms with Crippen LogP contribution in [0, 0.1) is 5.92 Å². The highest BCUT2D eigenvalue weighted by atomic mass is 19.4. The van der Waals surface area contributed by atoms with E-state index in [4.69, 9.17) is 0 Å². The third-order valence-corrected chi connectivity index (χ3v) is 5.95. The number of likely N-dealkylation sites (tertiary alicyclic amines) is 1. The summed E-state index contributed by atoms with van der Waals surface area (Å²) >= 11 is 0. The van der Waals surface area contributed by atoms with Crippen LogP contribution in [-0.2, 0) is 13.2 Å². The molecule has 3 heterocycles. The fraction of sp³-hybridized carbons (Fsp3) is 0.304. The Bertz CT molecular complexity index is 1310. The Hall–Kier alpha value is -3.33. The Morgan fingerprint density at radius 3 is 2.47 bits per heavy atom. The molecule has 4 aromatic rings. The molecule has 2 aromatic heterocycles. The third kappa shape index (κ3) is 3.52. The molecule has 0 spiro atoms. The maximum absolute atomic E-state index is 13.0. The summed E-state index contributed by atoms with van der Waals surface area (Å²) in [7, 11) is 3.84. The number of fused-ring (bicyclic) bond motifs is 3. The molecular formula is C23H22F3N5O. The average molecular weight is 441 g/mol. The Labute approximate surface area is 182 Å². The van der Waals surface area contributed by atoms with Crippen LogP contribution in [0.1, 0.15) is 15.9 Å². The van der Waals surface area contributed by atoms with Gasteiger partial charge in [-0.15, -0.1) is 0 Å². The van der Waals surface area contributed by atoms with E-state index < -0.39 is 11.7 Å². The predicted octanol–water partition coefficient (Wildman–Crippen LogP) is 3.83. The van der Waals surface area contributed by atoms with E-state index in [0.717, 1.165) is 41.5 Å². The van der Waals surface area contributed by atoms with Crippen molar-refractivity contribution in [3.63, 3.8) is 0 Å². The Morgan fingerprint density at radius 2 is 1.81 bits per heavy atom. The van der Waals surface area contributed by atoms with Crippen molar-refractivity contribution in [1.29, 1.82) is 0 Å². The summed E-state index contributed by atoms with van der Waals surface area (Å²) < 4.78 is 42.4. The van der Waals surface area contributed by atoms with Gasteiger partial charge in [0.1, 0.15) is 0 Å². The molecule has 0 aliphatic carbocycles. The predicted molar refractivity (Wildman–Crippen MR) is 116 cm³/mol. The lowest BCUT2D eigenvalue weighted by atomic mass is 10.0. The van der Waals surface area contributed by atoms with Gasteiger partial charge in [0, 0.05) is 60.8 Å². The van der Waals surface area contributed by atoms with Crippen molar-refractivity contribution in [3.8, 4) is 5.69 Å². The molecule has 9 heteroatoms. The van der Waals surface area contributed by atoms with Crippen LogP contribution in [0.15, 0.2) is 48.7 Å². The smallest absolute Gasteiger partial charge is 0.352 e. The number of nitrogens with one attached hydrogen (secondary N) is 1. The van der Waals surface area contributed by atoms with E-state index in [1.54, 1.807) is 17.8 Å². The third-order valence-electron chi connectivity index (χ3n) is 5.95. The second-order valence-electron chi connectivity index (χ2n) is 8.45. The summed E-state index contributed by atoms with van der Waals surface area (Å²) in [5.74, 6) is 0.333. The van der Waals surface area contributed by atoms with Crippen LogP contribution in [0.2, 0.25) is 0 Å². The lowest BCUT2D eigenvalue weighted by Crippen LogP contribution is -2.49. The summed E-state index contributed by atoms with van der Waals surface area (Å²) in [6, 6.07) is 10.4. The summed E-state index contributed by atoms with van der Waals surface area (Å²) in [4.78, 5) is 14.9. The summed E-state index contributed by atoms with van der Waals surface area (Å²) in [5, 5.41) is 9.16. The molecule has 0 unspecified atom stereocenters. The van der Waals surface area contributed by atoms with E-state index in [-0.39, 0.29) is 5.91 Å². The number of amides is 1. The molecule has 1 aliphatic rings. The van der Waals surface area contributed by atoms with Crippen LogP contribution in [0.4, 0.5) is 13.2 Å². The second kappa shape index (κ2) is 7.37. The van der Waals surface area contributed by atoms with Gasteiger partial charge < -0.3 is 10.2 Å². The number of carbonyl (C=O) groups is 1. The highest BCUT2D eigenvalue weighted by molar-refractivity contribution is 6.10. The normalized spacial score (nSPS) is 15.4. The molecule has 166 valence electrons. The summed E-state index contributed by atoms with van der Waals surface area (Å²) in [6.45, 7) is 2.59. The first-order chi connectivity index (χ1) is 15.2. The molecule has 0 saturated carbocycles. The van der Waals surface area contributed by atoms with Gasteiger partial charge in [-0.1, -0.05) is 0 Å². The van der Waals surface area contributed by atoms with Gasteiger partial charge in [-0.05, 0) is 49.5 Å². The average Bonchev–Trinajstić information content (AvgIpc) is 3.24. The minimum Gasteiger partial charge on any atom is -0.352 e. The van der Waals surface area contributed by atoms with Gasteiger partial charge in [-0.3, -0.25) is 14.0 Å². The molecule has 1 amide bonds. The summed E-state index contributed by atoms with van der Waals surface area (Å²) in [6.07, 6.45) is -2.54. The van der Waals surface area contributed by atoms with Crippen LogP contribution in [0.25, 0.3) is 27.6 Å². The summed E-state index contributed by atoms with van der Waals surface area (Å²) in [5.41, 5.74) is 1.81. The van der Waals surface area contributed by atoms with Crippen molar-refractivity contribution in [2.45, 2.75) is 6.18 Å². The topological polar surface area (TPSA) is 55.1 Å². The fourth-order valence-electron chi connectivity index (χ4n) is 4.39. The number of hydrogen-bond acceptors (Lipinski definition) is 3. The van der Waals surface area contributed by atoms with E-state index in [9.17, 15) is 18.0 Å². The van der Waals surface area contributed by atoms with Gasteiger partial charge in [0.2, 0.25) is 0 Å². The Morgan fingerprint density at radius 1 is 1.09 bits per heavy atom. The zero-order chi connectivity index (χ0) is 22.6. The van der Waals surface area contributed by atoms with E-state index >= 15 is 0 Å². The molecule has 1 saturated heterocycles. The maximum Gasteiger partial charge on any atom is 0.416 e. The Balaban J connectivity index is 1.53. The lowest BCUT2D eigenvalue weighted by Gasteiger charge is -2.36. The van der Waals surface area contributed by atoms with Crippen molar-refractivity contribution >= 4 is 27.8 Å². The molecule has 0 radical (unpaired) electrons. The highest BCUT2D eigenvalue weighted by Gasteiger charge is 2.30. The van der Waals surface area contributed by atoms with E-state index in [0.29, 0.717) is 29.4 Å². The minimum absolute atomic E-state index is 0.138. The second-order valence-corrected chi connectivity index (χ2v) is 8.45. The first kappa shape index (κ1) is 20.6. The molecule has 0 bridgehead atoms. The number of nitrogens with zero attached hydrogens (tertiary/aromatic N) is 4. The van der Waals surface area contributed by atoms with Crippen molar-refractivity contribution in [2.75, 3.05) is 26.7 Å². The van der Waals surface area contributed by atoms with Crippen LogP contribution in [0.5, 0.6) is 0 Å². The maximum atomic E-state index is 13.0. The molecule has 1 N–H and O–H groups in total. The van der Waals surface area contributed by atoms with E-state index in [1.165, 1.54) is 12.1 Å².